The van der Waals surface area contributed by atoms with Crippen LogP contribution in [0.2, 0.25) is 0 Å². The third kappa shape index (κ3) is 6.78. The Morgan fingerprint density at radius 1 is 1.17 bits per heavy atom. The van der Waals surface area contributed by atoms with Gasteiger partial charge in [0.05, 0.1) is 43.1 Å². The molecule has 0 aromatic heterocycles. The Morgan fingerprint density at radius 2 is 1.78 bits per heavy atom. The second-order valence-electron chi connectivity index (χ2n) is 4.18. The molecule has 0 saturated carbocycles. The van der Waals surface area contributed by atoms with Gasteiger partial charge in [-0.1, -0.05) is 0 Å². The zero-order valence-electron chi connectivity index (χ0n) is 12.7. The predicted molar refractivity (Wildman–Crippen MR) is 80.8 cm³/mol. The molecule has 1 heterocycles. The Bertz CT molecular complexity index is 613. The smallest absolute Gasteiger partial charge is 0.382 e. The van der Waals surface area contributed by atoms with E-state index >= 15 is 0 Å². The van der Waals surface area contributed by atoms with Gasteiger partial charge in [0.25, 0.3) is 5.69 Å². The number of non-ortho nitro benzene ring substituents is 1. The summed E-state index contributed by atoms with van der Waals surface area (Å²) in [5, 5.41) is 10.3. The first-order chi connectivity index (χ1) is 10.9. The monoisotopic (exact) mass is 350 g/mol. The van der Waals surface area contributed by atoms with Crippen LogP contribution in [0.1, 0.15) is 0 Å². The van der Waals surface area contributed by atoms with Crippen LogP contribution in [0, 0.1) is 10.1 Å². The van der Waals surface area contributed by atoms with Crippen molar-refractivity contribution in [2.45, 2.75) is 0 Å². The molecule has 0 amide bonds. The Kier molecular flexibility index (Phi) is 7.68. The van der Waals surface area contributed by atoms with Crippen molar-refractivity contribution in [3.05, 3.63) is 28.3 Å². The molecule has 11 heteroatoms. The van der Waals surface area contributed by atoms with E-state index in [0.717, 1.165) is 6.07 Å². The van der Waals surface area contributed by atoms with E-state index in [1.807, 2.05) is 0 Å². The van der Waals surface area contributed by atoms with Gasteiger partial charge in [0, 0.05) is 20.3 Å². The molecule has 0 saturated heterocycles. The van der Waals surface area contributed by atoms with Crippen molar-refractivity contribution in [1.82, 2.24) is 0 Å². The molecule has 10 nitrogen and oxygen atoms in total. The summed E-state index contributed by atoms with van der Waals surface area (Å²) in [6.45, 7) is 2.62. The lowest BCUT2D eigenvalue weighted by molar-refractivity contribution is -0.384. The fourth-order valence-corrected chi connectivity index (χ4v) is 2.29. The number of benzene rings is 1. The number of nitro groups is 1. The fraction of sp³-hybridized carbons (Fsp3) is 0.500. The van der Waals surface area contributed by atoms with E-state index < -0.39 is 15.2 Å². The van der Waals surface area contributed by atoms with Gasteiger partial charge in [0.2, 0.25) is 0 Å². The highest BCUT2D eigenvalue weighted by molar-refractivity contribution is 7.88. The van der Waals surface area contributed by atoms with Crippen LogP contribution in [0.5, 0.6) is 5.75 Å². The lowest BCUT2D eigenvalue weighted by Gasteiger charge is -2.00. The number of nitro benzene ring substituents is 1. The number of nitrogens with one attached hydrogen (secondary N) is 1. The van der Waals surface area contributed by atoms with E-state index in [9.17, 15) is 18.5 Å². The normalized spacial score (nSPS) is 14.0. The maximum Gasteiger partial charge on any atom is 0.407 e. The van der Waals surface area contributed by atoms with Gasteiger partial charge in [-0.2, -0.15) is 8.42 Å². The number of hydrogen-bond donors (Lipinski definition) is 1. The average molecular weight is 350 g/mol. The zero-order chi connectivity index (χ0) is 17.3. The number of anilines is 1. The molecule has 0 unspecified atom stereocenters. The van der Waals surface area contributed by atoms with E-state index in [0.29, 0.717) is 26.4 Å². The van der Waals surface area contributed by atoms with Gasteiger partial charge >= 0.3 is 10.3 Å². The molecule has 0 spiro atoms. The number of hydrogen-bond acceptors (Lipinski definition) is 8. The standard InChI is InChI=1S/C6H4N2O5S.C6H14O3/c9-8(10)4-1-2-5-6(3-4)13-14(11,12)7-5;1-7-3-5-9-6-4-8-2/h1-3,7H;3-6H2,1-2H3. The van der Waals surface area contributed by atoms with Crippen LogP contribution in [0.15, 0.2) is 18.2 Å². The predicted octanol–water partition coefficient (Wildman–Crippen LogP) is 0.940. The molecule has 130 valence electrons. The second-order valence-corrected chi connectivity index (χ2v) is 5.45. The lowest BCUT2D eigenvalue weighted by atomic mass is 10.3. The van der Waals surface area contributed by atoms with Gasteiger partial charge < -0.3 is 18.4 Å². The molecule has 0 radical (unpaired) electrons. The maximum absolute atomic E-state index is 10.9. The number of rotatable bonds is 7. The molecule has 1 N–H and O–H groups in total. The lowest BCUT2D eigenvalue weighted by Crippen LogP contribution is -2.10. The van der Waals surface area contributed by atoms with Crippen molar-refractivity contribution in [2.75, 3.05) is 45.4 Å². The van der Waals surface area contributed by atoms with Gasteiger partial charge in [-0.05, 0) is 6.07 Å². The summed E-state index contributed by atoms with van der Waals surface area (Å²) in [5.41, 5.74) is -0.0155. The molecule has 1 aromatic rings. The molecule has 0 fully saturated rings. The van der Waals surface area contributed by atoms with Crippen molar-refractivity contribution in [3.8, 4) is 5.75 Å². The molecule has 0 aliphatic carbocycles. The highest BCUT2D eigenvalue weighted by atomic mass is 32.2. The molecule has 1 aliphatic heterocycles. The summed E-state index contributed by atoms with van der Waals surface area (Å²) >= 11 is 0. The minimum absolute atomic E-state index is 0.0563. The summed E-state index contributed by atoms with van der Waals surface area (Å²) in [4.78, 5) is 9.71. The molecule has 0 atom stereocenters. The topological polar surface area (TPSA) is 126 Å². The molecular weight excluding hydrogens is 332 g/mol. The van der Waals surface area contributed by atoms with Crippen molar-refractivity contribution in [3.63, 3.8) is 0 Å². The van der Waals surface area contributed by atoms with Gasteiger partial charge in [-0.25, -0.2) is 4.72 Å². The van der Waals surface area contributed by atoms with Gasteiger partial charge in [-0.3, -0.25) is 10.1 Å². The average Bonchev–Trinajstić information content (AvgIpc) is 2.80. The third-order valence-corrected chi connectivity index (χ3v) is 3.34. The summed E-state index contributed by atoms with van der Waals surface area (Å²) in [7, 11) is -0.516. The van der Waals surface area contributed by atoms with Crippen molar-refractivity contribution in [1.29, 1.82) is 0 Å². The molecule has 1 aliphatic rings. The largest absolute Gasteiger partial charge is 0.407 e. The van der Waals surface area contributed by atoms with E-state index in [-0.39, 0.29) is 17.1 Å². The van der Waals surface area contributed by atoms with E-state index in [2.05, 4.69) is 8.91 Å². The van der Waals surface area contributed by atoms with Crippen LogP contribution < -0.4 is 8.91 Å². The van der Waals surface area contributed by atoms with Crippen LogP contribution >= 0.6 is 0 Å². The molecule has 1 aromatic carbocycles. The number of ether oxygens (including phenoxy) is 3. The quantitative estimate of drug-likeness (QED) is 0.437. The highest BCUT2D eigenvalue weighted by Gasteiger charge is 2.26. The summed E-state index contributed by atoms with van der Waals surface area (Å²) in [6, 6.07) is 3.51. The third-order valence-electron chi connectivity index (χ3n) is 2.47. The molecule has 0 bridgehead atoms. The number of methoxy groups -OCH3 is 2. The van der Waals surface area contributed by atoms with Gasteiger partial charge in [0.1, 0.15) is 0 Å². The van der Waals surface area contributed by atoms with Crippen LogP contribution in [0.25, 0.3) is 0 Å². The first-order valence-electron chi connectivity index (χ1n) is 6.46. The minimum atomic E-state index is -3.82. The van der Waals surface area contributed by atoms with E-state index in [1.54, 1.807) is 14.2 Å². The fourth-order valence-electron chi connectivity index (χ4n) is 1.44. The van der Waals surface area contributed by atoms with E-state index in [1.165, 1.54) is 12.1 Å². The molecule has 23 heavy (non-hydrogen) atoms. The van der Waals surface area contributed by atoms with Crippen LogP contribution in [-0.4, -0.2) is 54.0 Å². The molecule has 2 rings (SSSR count). The van der Waals surface area contributed by atoms with Crippen molar-refractivity contribution in [2.24, 2.45) is 0 Å². The van der Waals surface area contributed by atoms with Crippen molar-refractivity contribution >= 4 is 21.7 Å². The van der Waals surface area contributed by atoms with E-state index in [4.69, 9.17) is 14.2 Å². The maximum atomic E-state index is 10.9. The summed E-state index contributed by atoms with van der Waals surface area (Å²) < 4.78 is 42.8. The molecular formula is C12H18N2O8S. The summed E-state index contributed by atoms with van der Waals surface area (Å²) in [6.07, 6.45) is 0. The second kappa shape index (κ2) is 9.25. The highest BCUT2D eigenvalue weighted by Crippen LogP contribution is 2.35. The SMILES string of the molecule is COCCOCCOC.O=[N+]([O-])c1ccc2c(c1)OS(=O)(=O)N2. The van der Waals surface area contributed by atoms with Crippen LogP contribution in [0.4, 0.5) is 11.4 Å². The van der Waals surface area contributed by atoms with Gasteiger partial charge in [0.15, 0.2) is 5.75 Å². The minimum Gasteiger partial charge on any atom is -0.382 e. The van der Waals surface area contributed by atoms with Crippen LogP contribution in [-0.2, 0) is 24.5 Å². The Balaban J connectivity index is 0.000000257. The summed E-state index contributed by atoms with van der Waals surface area (Å²) in [5.74, 6) is -0.0563. The Hall–Kier alpha value is -1.95. The first kappa shape index (κ1) is 19.1. The number of fused-ring (bicyclic) bond motifs is 1. The first-order valence-corrected chi connectivity index (χ1v) is 7.86. The Morgan fingerprint density at radius 3 is 2.30 bits per heavy atom. The Labute approximate surface area is 133 Å². The van der Waals surface area contributed by atoms with Gasteiger partial charge in [-0.15, -0.1) is 0 Å². The number of nitrogens with zero attached hydrogens (tertiary/aromatic N) is 1. The zero-order valence-corrected chi connectivity index (χ0v) is 13.5. The van der Waals surface area contributed by atoms with Crippen molar-refractivity contribution < 1.29 is 31.7 Å². The van der Waals surface area contributed by atoms with Crippen LogP contribution in [0.3, 0.4) is 0 Å².